The van der Waals surface area contributed by atoms with Gasteiger partial charge in [0.1, 0.15) is 12.7 Å². The molecule has 0 amide bonds. The molecule has 0 aromatic carbocycles. The van der Waals surface area contributed by atoms with E-state index in [0.717, 1.165) is 70.6 Å². The first-order valence-electron chi connectivity index (χ1n) is 30.8. The van der Waals surface area contributed by atoms with Crippen LogP contribution in [0.2, 0.25) is 0 Å². The second kappa shape index (κ2) is 58.1. The Morgan fingerprint density at radius 1 is 0.395 bits per heavy atom. The molecule has 0 radical (unpaired) electrons. The second-order valence-electron chi connectivity index (χ2n) is 20.5. The Labute approximate surface area is 465 Å². The summed E-state index contributed by atoms with van der Waals surface area (Å²) in [5.41, 5.74) is 0. The molecular weight excluding hydrogens is 976 g/mol. The van der Waals surface area contributed by atoms with Gasteiger partial charge < -0.3 is 24.2 Å². The number of unbranched alkanes of at least 4 members (excludes halogenated alkanes) is 29. The first kappa shape index (κ1) is 72.9. The topological polar surface area (TPSA) is 155 Å². The molecule has 0 bridgehead atoms. The monoisotopic (exact) mass is 1090 g/mol. The van der Waals surface area contributed by atoms with Crippen LogP contribution in [-0.2, 0) is 42.2 Å². The smallest absolute Gasteiger partial charge is 0.462 e. The van der Waals surface area contributed by atoms with Gasteiger partial charge in [-0.25, -0.2) is 4.57 Å². The number of allylic oxidation sites excluding steroid dienone is 11. The molecule has 0 heterocycles. The zero-order chi connectivity index (χ0) is 55.5. The Balaban J connectivity index is 4.77. The number of carbonyl (C=O) groups is 3. The highest BCUT2D eigenvalue weighted by Gasteiger charge is 2.28. The number of hydrogen-bond acceptors (Lipinski definition) is 10. The highest BCUT2D eigenvalue weighted by atomic mass is 31.2. The van der Waals surface area contributed by atoms with Crippen molar-refractivity contribution >= 4 is 25.7 Å². The highest BCUT2D eigenvalue weighted by molar-refractivity contribution is 7.47. The van der Waals surface area contributed by atoms with E-state index in [2.05, 4.69) is 69.4 Å². The lowest BCUT2D eigenvalue weighted by Crippen LogP contribution is -2.30. The largest absolute Gasteiger partial charge is 0.472 e. The minimum Gasteiger partial charge on any atom is -0.462 e. The molecule has 0 aliphatic carbocycles. The van der Waals surface area contributed by atoms with Crippen molar-refractivity contribution in [1.82, 2.24) is 0 Å². The van der Waals surface area contributed by atoms with Crippen LogP contribution in [0.1, 0.15) is 278 Å². The minimum atomic E-state index is -4.77. The number of hydrogen-bond donors (Lipinski definition) is 2. The molecular formula is C64H113O11P. The van der Waals surface area contributed by atoms with Gasteiger partial charge in [-0.1, -0.05) is 261 Å². The molecule has 0 saturated carbocycles. The summed E-state index contributed by atoms with van der Waals surface area (Å²) in [5, 5.41) is 9.81. The molecule has 0 aliphatic heterocycles. The maximum Gasteiger partial charge on any atom is 0.472 e. The van der Waals surface area contributed by atoms with Crippen molar-refractivity contribution in [3.63, 3.8) is 0 Å². The summed E-state index contributed by atoms with van der Waals surface area (Å²) < 4.78 is 39.5. The van der Waals surface area contributed by atoms with Crippen LogP contribution in [0.5, 0.6) is 0 Å². The maximum absolute atomic E-state index is 12.9. The third-order valence-corrected chi connectivity index (χ3v) is 14.1. The Morgan fingerprint density at radius 3 is 1.14 bits per heavy atom. The summed E-state index contributed by atoms with van der Waals surface area (Å²) in [6.07, 6.45) is 66.0. The molecule has 0 aromatic heterocycles. The van der Waals surface area contributed by atoms with Crippen molar-refractivity contribution in [2.75, 3.05) is 26.4 Å². The van der Waals surface area contributed by atoms with E-state index < -0.39 is 57.8 Å². The van der Waals surface area contributed by atoms with Crippen LogP contribution in [0, 0.1) is 0 Å². The Morgan fingerprint density at radius 2 is 0.737 bits per heavy atom. The van der Waals surface area contributed by atoms with Crippen LogP contribution in [0.15, 0.2) is 72.9 Å². The first-order valence-corrected chi connectivity index (χ1v) is 32.3. The van der Waals surface area contributed by atoms with Crippen molar-refractivity contribution in [3.05, 3.63) is 72.9 Å². The Hall–Kier alpha value is -3.08. The molecule has 440 valence electrons. The van der Waals surface area contributed by atoms with Crippen LogP contribution in [-0.4, -0.2) is 66.5 Å². The van der Waals surface area contributed by atoms with E-state index in [0.29, 0.717) is 19.3 Å². The Kier molecular flexibility index (Phi) is 55.7. The third kappa shape index (κ3) is 55.7. The van der Waals surface area contributed by atoms with E-state index in [-0.39, 0.29) is 25.9 Å². The van der Waals surface area contributed by atoms with Crippen molar-refractivity contribution in [3.8, 4) is 0 Å². The zero-order valence-electron chi connectivity index (χ0n) is 48.7. The van der Waals surface area contributed by atoms with Crippen molar-refractivity contribution in [2.24, 2.45) is 0 Å². The van der Waals surface area contributed by atoms with Crippen molar-refractivity contribution < 1.29 is 52.2 Å². The van der Waals surface area contributed by atoms with E-state index in [1.54, 1.807) is 6.08 Å². The minimum absolute atomic E-state index is 0.0553. The van der Waals surface area contributed by atoms with Crippen molar-refractivity contribution in [2.45, 2.75) is 290 Å². The maximum atomic E-state index is 12.9. The molecule has 0 rings (SSSR count). The number of ether oxygens (including phenoxy) is 3. The normalized spacial score (nSPS) is 13.8. The summed E-state index contributed by atoms with van der Waals surface area (Å²) in [6, 6.07) is 0. The molecule has 11 nitrogen and oxygen atoms in total. The summed E-state index contributed by atoms with van der Waals surface area (Å²) in [4.78, 5) is 48.6. The van der Waals surface area contributed by atoms with Crippen LogP contribution >= 0.6 is 7.82 Å². The van der Waals surface area contributed by atoms with Gasteiger partial charge in [0.15, 0.2) is 6.10 Å². The van der Waals surface area contributed by atoms with Gasteiger partial charge in [0.25, 0.3) is 0 Å². The Bertz CT molecular complexity index is 1550. The fourth-order valence-electron chi connectivity index (χ4n) is 8.49. The summed E-state index contributed by atoms with van der Waals surface area (Å²) in [7, 11) is -4.77. The van der Waals surface area contributed by atoms with E-state index in [1.807, 2.05) is 18.2 Å². The predicted molar refractivity (Wildman–Crippen MR) is 316 cm³/mol. The van der Waals surface area contributed by atoms with E-state index in [9.17, 15) is 28.9 Å². The molecule has 0 fully saturated rings. The zero-order valence-corrected chi connectivity index (χ0v) is 49.6. The fourth-order valence-corrected chi connectivity index (χ4v) is 9.27. The van der Waals surface area contributed by atoms with Gasteiger partial charge in [0, 0.05) is 12.8 Å². The van der Waals surface area contributed by atoms with Gasteiger partial charge in [-0.3, -0.25) is 23.4 Å². The molecule has 76 heavy (non-hydrogen) atoms. The number of rotatable bonds is 57. The molecule has 0 spiro atoms. The second-order valence-corrected chi connectivity index (χ2v) is 22.0. The highest BCUT2D eigenvalue weighted by Crippen LogP contribution is 2.43. The fraction of sp³-hybridized carbons (Fsp3) is 0.766. The predicted octanol–water partition coefficient (Wildman–Crippen LogP) is 18.5. The lowest BCUT2D eigenvalue weighted by Gasteiger charge is -2.21. The van der Waals surface area contributed by atoms with Gasteiger partial charge in [0.05, 0.1) is 26.2 Å². The van der Waals surface area contributed by atoms with Crippen LogP contribution < -0.4 is 0 Å². The number of phosphoric acid groups is 1. The van der Waals surface area contributed by atoms with Gasteiger partial charge in [-0.15, -0.1) is 0 Å². The van der Waals surface area contributed by atoms with Gasteiger partial charge >= 0.3 is 25.7 Å². The lowest BCUT2D eigenvalue weighted by molar-refractivity contribution is -0.161. The SMILES string of the molecule is CC/C=C\C/C=C\C/C=C\C/C=C\C/C=C\CC(=O)OC(CO)COP(=O)(O)OCC(COC(=O)CCCCCCCCC/C=C\CCCCCCCC)OC(=O)CCCCCCCCCCCCCCCCCCC. The molecule has 0 aromatic rings. The summed E-state index contributed by atoms with van der Waals surface area (Å²) in [5.74, 6) is -1.59. The first-order chi connectivity index (χ1) is 37.2. The average molecular weight is 1090 g/mol. The standard InChI is InChI=1S/C64H113O11P/c1-4-7-10-13-16-19-22-25-28-30-33-35-38-41-44-47-50-53-62(66)71-57-61(75-64(68)55-52-49-46-43-40-37-34-31-29-26-23-20-17-14-11-8-5-2)59-73-76(69,70)72-58-60(56-65)74-63(67)54-51-48-45-42-39-36-32-27-24-21-18-15-12-9-6-3/h9,12,18,21,25,27-28,32,39,42,48,51,60-61,65H,4-8,10-11,13-17,19-20,22-24,26,29-31,33-38,40-41,43-47,49-50,52-59H2,1-3H3,(H,69,70)/b12-9-,21-18-,28-25-,32-27-,42-39-,51-48-. The molecule has 0 saturated heterocycles. The van der Waals surface area contributed by atoms with Crippen LogP contribution in [0.25, 0.3) is 0 Å². The van der Waals surface area contributed by atoms with Crippen LogP contribution in [0.3, 0.4) is 0 Å². The quantitative estimate of drug-likeness (QED) is 0.0197. The number of aliphatic hydroxyl groups excluding tert-OH is 1. The molecule has 2 N–H and O–H groups in total. The van der Waals surface area contributed by atoms with E-state index >= 15 is 0 Å². The molecule has 0 aliphatic rings. The summed E-state index contributed by atoms with van der Waals surface area (Å²) >= 11 is 0. The van der Waals surface area contributed by atoms with E-state index in [1.165, 1.54) is 148 Å². The number of esters is 3. The van der Waals surface area contributed by atoms with Gasteiger partial charge in [0.2, 0.25) is 0 Å². The number of phosphoric ester groups is 1. The lowest BCUT2D eigenvalue weighted by atomic mass is 10.0. The molecule has 3 atom stereocenters. The average Bonchev–Trinajstić information content (AvgIpc) is 3.41. The van der Waals surface area contributed by atoms with Crippen molar-refractivity contribution in [1.29, 1.82) is 0 Å². The molecule has 3 unspecified atom stereocenters. The third-order valence-electron chi connectivity index (χ3n) is 13.1. The van der Waals surface area contributed by atoms with Crippen LogP contribution in [0.4, 0.5) is 0 Å². The van der Waals surface area contributed by atoms with E-state index in [4.69, 9.17) is 23.3 Å². The number of aliphatic hydroxyl groups is 1. The molecule has 12 heteroatoms. The van der Waals surface area contributed by atoms with Gasteiger partial charge in [-0.05, 0) is 70.6 Å². The van der Waals surface area contributed by atoms with Gasteiger partial charge in [-0.2, -0.15) is 0 Å². The summed E-state index contributed by atoms with van der Waals surface area (Å²) in [6.45, 7) is 4.45. The number of carbonyl (C=O) groups excluding carboxylic acids is 3.